The summed E-state index contributed by atoms with van der Waals surface area (Å²) >= 11 is 0. The second-order valence-electron chi connectivity index (χ2n) is 5.40. The smallest absolute Gasteiger partial charge is 0.338 e. The van der Waals surface area contributed by atoms with Gasteiger partial charge in [0.2, 0.25) is 0 Å². The standard InChI is InChI=1S/C10H13NO2.C9H13NO2/c1-8-2-4-9(5-3-8)10(12)13-7-6-11;10-6-7-12-9(11)8-4-2-1-3-5-8/h2-5H,6-7,11H2,1H3;1-4,8H,5-7,10H2. The molecule has 0 saturated heterocycles. The van der Waals surface area contributed by atoms with Gasteiger partial charge in [-0.1, -0.05) is 42.0 Å². The van der Waals surface area contributed by atoms with E-state index in [1.54, 1.807) is 12.1 Å². The molecule has 0 aromatic heterocycles. The third-order valence-electron chi connectivity index (χ3n) is 3.28. The molecule has 0 aliphatic heterocycles. The van der Waals surface area contributed by atoms with Crippen molar-refractivity contribution >= 4 is 11.9 Å². The van der Waals surface area contributed by atoms with Crippen molar-refractivity contribution in [2.45, 2.75) is 13.3 Å². The molecule has 0 radical (unpaired) electrons. The Morgan fingerprint density at radius 2 is 1.68 bits per heavy atom. The number of aryl methyl sites for hydroxylation is 1. The maximum Gasteiger partial charge on any atom is 0.338 e. The van der Waals surface area contributed by atoms with Gasteiger partial charge in [0.05, 0.1) is 11.5 Å². The minimum atomic E-state index is -0.314. The van der Waals surface area contributed by atoms with Crippen molar-refractivity contribution < 1.29 is 19.1 Å². The number of benzene rings is 1. The molecule has 2 rings (SSSR count). The van der Waals surface area contributed by atoms with E-state index in [0.29, 0.717) is 25.3 Å². The number of carbonyl (C=O) groups is 2. The van der Waals surface area contributed by atoms with Crippen LogP contribution in [0.4, 0.5) is 0 Å². The summed E-state index contributed by atoms with van der Waals surface area (Å²) in [5.41, 5.74) is 12.1. The van der Waals surface area contributed by atoms with E-state index >= 15 is 0 Å². The van der Waals surface area contributed by atoms with Crippen LogP contribution in [-0.2, 0) is 14.3 Å². The van der Waals surface area contributed by atoms with Crippen LogP contribution < -0.4 is 11.5 Å². The predicted molar refractivity (Wildman–Crippen MR) is 96.9 cm³/mol. The molecule has 1 aliphatic rings. The summed E-state index contributed by atoms with van der Waals surface area (Å²) in [7, 11) is 0. The number of carbonyl (C=O) groups excluding carboxylic acids is 2. The molecule has 0 spiro atoms. The van der Waals surface area contributed by atoms with Gasteiger partial charge in [-0.15, -0.1) is 0 Å². The summed E-state index contributed by atoms with van der Waals surface area (Å²) in [4.78, 5) is 22.4. The second kappa shape index (κ2) is 12.0. The van der Waals surface area contributed by atoms with Crippen molar-refractivity contribution in [2.24, 2.45) is 17.4 Å². The highest BCUT2D eigenvalue weighted by Gasteiger charge is 2.15. The molecule has 0 bridgehead atoms. The molecule has 6 nitrogen and oxygen atoms in total. The first kappa shape index (κ1) is 20.6. The Labute approximate surface area is 148 Å². The lowest BCUT2D eigenvalue weighted by molar-refractivity contribution is -0.146. The number of nitrogens with two attached hydrogens (primary N) is 2. The van der Waals surface area contributed by atoms with Crippen LogP contribution in [-0.4, -0.2) is 38.2 Å². The lowest BCUT2D eigenvalue weighted by atomic mass is 10.0. The summed E-state index contributed by atoms with van der Waals surface area (Å²) in [6.45, 7) is 3.30. The fourth-order valence-corrected chi connectivity index (χ4v) is 1.95. The maximum absolute atomic E-state index is 11.2. The van der Waals surface area contributed by atoms with Gasteiger partial charge in [0, 0.05) is 13.1 Å². The van der Waals surface area contributed by atoms with E-state index in [4.69, 9.17) is 20.9 Å². The Bertz CT molecular complexity index is 594. The first-order chi connectivity index (χ1) is 12.1. The lowest BCUT2D eigenvalue weighted by Gasteiger charge is -2.11. The minimum absolute atomic E-state index is 0.110. The minimum Gasteiger partial charge on any atom is -0.464 e. The SMILES string of the molecule is Cc1ccc(C(=O)OCCN)cc1.NCCOC(=O)C1C=CC=CC1. The summed E-state index contributed by atoms with van der Waals surface area (Å²) in [6, 6.07) is 7.24. The van der Waals surface area contributed by atoms with Gasteiger partial charge in [-0.2, -0.15) is 0 Å². The molecule has 1 aromatic carbocycles. The zero-order valence-electron chi connectivity index (χ0n) is 14.5. The van der Waals surface area contributed by atoms with Crippen LogP contribution in [0.3, 0.4) is 0 Å². The highest BCUT2D eigenvalue weighted by atomic mass is 16.5. The van der Waals surface area contributed by atoms with Gasteiger partial charge in [-0.05, 0) is 25.5 Å². The van der Waals surface area contributed by atoms with Gasteiger partial charge in [-0.3, -0.25) is 4.79 Å². The number of ether oxygens (including phenoxy) is 2. The maximum atomic E-state index is 11.2. The van der Waals surface area contributed by atoms with Crippen LogP contribution in [0.25, 0.3) is 0 Å². The Balaban J connectivity index is 0.000000251. The fraction of sp³-hybridized carbons (Fsp3) is 0.368. The molecule has 0 saturated carbocycles. The van der Waals surface area contributed by atoms with E-state index in [1.165, 1.54) is 0 Å². The van der Waals surface area contributed by atoms with Crippen LogP contribution in [0.5, 0.6) is 0 Å². The van der Waals surface area contributed by atoms with Gasteiger partial charge < -0.3 is 20.9 Å². The number of hydrogen-bond acceptors (Lipinski definition) is 6. The molecule has 6 heteroatoms. The highest BCUT2D eigenvalue weighted by Crippen LogP contribution is 2.12. The Hall–Kier alpha value is -2.44. The zero-order chi connectivity index (χ0) is 18.5. The molecule has 1 atom stereocenters. The first-order valence-corrected chi connectivity index (χ1v) is 8.22. The van der Waals surface area contributed by atoms with Crippen molar-refractivity contribution in [1.29, 1.82) is 0 Å². The zero-order valence-corrected chi connectivity index (χ0v) is 14.5. The third kappa shape index (κ3) is 8.28. The number of esters is 2. The lowest BCUT2D eigenvalue weighted by Crippen LogP contribution is -2.20. The average molecular weight is 346 g/mol. The van der Waals surface area contributed by atoms with Crippen LogP contribution in [0.1, 0.15) is 22.3 Å². The van der Waals surface area contributed by atoms with Crippen LogP contribution >= 0.6 is 0 Å². The average Bonchev–Trinajstić information content (AvgIpc) is 2.66. The van der Waals surface area contributed by atoms with E-state index < -0.39 is 0 Å². The third-order valence-corrected chi connectivity index (χ3v) is 3.28. The van der Waals surface area contributed by atoms with Gasteiger partial charge in [-0.25, -0.2) is 4.79 Å². The summed E-state index contributed by atoms with van der Waals surface area (Å²) in [5.74, 6) is -0.604. The molecule has 1 aromatic rings. The van der Waals surface area contributed by atoms with Crippen molar-refractivity contribution in [1.82, 2.24) is 0 Å². The predicted octanol–water partition coefficient (Wildman–Crippen LogP) is 1.73. The normalized spacial score (nSPS) is 15.1. The van der Waals surface area contributed by atoms with Crippen molar-refractivity contribution in [3.05, 3.63) is 59.7 Å². The van der Waals surface area contributed by atoms with Gasteiger partial charge in [0.1, 0.15) is 13.2 Å². The summed E-state index contributed by atoms with van der Waals surface area (Å²) < 4.78 is 9.73. The monoisotopic (exact) mass is 346 g/mol. The van der Waals surface area contributed by atoms with Crippen LogP contribution in [0.15, 0.2) is 48.6 Å². The molecule has 1 aliphatic carbocycles. The van der Waals surface area contributed by atoms with E-state index in [9.17, 15) is 9.59 Å². The molecule has 0 heterocycles. The van der Waals surface area contributed by atoms with Gasteiger partial charge in [0.25, 0.3) is 0 Å². The number of allylic oxidation sites excluding steroid dienone is 3. The largest absolute Gasteiger partial charge is 0.464 e. The molecule has 25 heavy (non-hydrogen) atoms. The van der Waals surface area contributed by atoms with Gasteiger partial charge in [0.15, 0.2) is 0 Å². The van der Waals surface area contributed by atoms with E-state index in [2.05, 4.69) is 0 Å². The topological polar surface area (TPSA) is 105 Å². The summed E-state index contributed by atoms with van der Waals surface area (Å²) in [5, 5.41) is 0. The van der Waals surface area contributed by atoms with Crippen LogP contribution in [0, 0.1) is 12.8 Å². The molecule has 1 unspecified atom stereocenters. The van der Waals surface area contributed by atoms with Crippen LogP contribution in [0.2, 0.25) is 0 Å². The molecule has 4 N–H and O–H groups in total. The summed E-state index contributed by atoms with van der Waals surface area (Å²) in [6.07, 6.45) is 8.32. The second-order valence-corrected chi connectivity index (χ2v) is 5.40. The Morgan fingerprint density at radius 3 is 2.24 bits per heavy atom. The van der Waals surface area contributed by atoms with Crippen molar-refractivity contribution in [3.63, 3.8) is 0 Å². The molecule has 0 fully saturated rings. The fourth-order valence-electron chi connectivity index (χ4n) is 1.95. The van der Waals surface area contributed by atoms with E-state index in [0.717, 1.165) is 12.0 Å². The molecule has 0 amide bonds. The number of hydrogen-bond donors (Lipinski definition) is 2. The Morgan fingerprint density at radius 1 is 1.04 bits per heavy atom. The molecule has 136 valence electrons. The Kier molecular flexibility index (Phi) is 9.89. The highest BCUT2D eigenvalue weighted by molar-refractivity contribution is 5.89. The van der Waals surface area contributed by atoms with Crippen molar-refractivity contribution in [2.75, 3.05) is 26.3 Å². The van der Waals surface area contributed by atoms with E-state index in [1.807, 2.05) is 43.4 Å². The molecular formula is C19H26N2O4. The number of rotatable bonds is 6. The first-order valence-electron chi connectivity index (χ1n) is 8.22. The quantitative estimate of drug-likeness (QED) is 0.760. The molecular weight excluding hydrogens is 320 g/mol. The van der Waals surface area contributed by atoms with Crippen molar-refractivity contribution in [3.8, 4) is 0 Å². The van der Waals surface area contributed by atoms with E-state index in [-0.39, 0.29) is 24.5 Å². The van der Waals surface area contributed by atoms with Gasteiger partial charge >= 0.3 is 11.9 Å².